The minimum absolute atomic E-state index is 0.143. The molecule has 0 aliphatic carbocycles. The Morgan fingerprint density at radius 3 is 2.19 bits per heavy atom. The Hall–Kier alpha value is -0.578. The lowest BCUT2D eigenvalue weighted by atomic mass is 9.50. The van der Waals surface area contributed by atoms with Gasteiger partial charge < -0.3 is 9.97 Å². The van der Waals surface area contributed by atoms with Gasteiger partial charge in [0.25, 0.3) is 6.92 Å². The normalized spacial score (nSPS) is 29.1. The molecule has 2 aliphatic heterocycles. The first-order valence-corrected chi connectivity index (χ1v) is 14.4. The molecule has 3 atom stereocenters. The van der Waals surface area contributed by atoms with E-state index in [0.717, 1.165) is 17.2 Å². The first-order chi connectivity index (χ1) is 12.4. The third-order valence-electron chi connectivity index (χ3n) is 6.97. The molecule has 0 radical (unpaired) electrons. The third kappa shape index (κ3) is 4.45. The van der Waals surface area contributed by atoms with Crippen molar-refractivity contribution in [3.05, 3.63) is 35.9 Å². The van der Waals surface area contributed by atoms with Crippen molar-refractivity contribution >= 4 is 15.0 Å². The van der Waals surface area contributed by atoms with Crippen LogP contribution in [0.2, 0.25) is 30.9 Å². The van der Waals surface area contributed by atoms with E-state index in [4.69, 9.17) is 4.65 Å². The van der Waals surface area contributed by atoms with E-state index in [9.17, 15) is 0 Å². The SMILES string of the molecule is CN[C@H](C)[C@H](OB1C2CCCC(CCC2)C1[Si](C)(C)C)c1ccccc1. The minimum Gasteiger partial charge on any atom is -0.427 e. The van der Waals surface area contributed by atoms with Crippen molar-refractivity contribution < 1.29 is 4.65 Å². The maximum Gasteiger partial charge on any atom is 0.297 e. The van der Waals surface area contributed by atoms with Crippen molar-refractivity contribution in [3.63, 3.8) is 0 Å². The summed E-state index contributed by atoms with van der Waals surface area (Å²) in [7, 11) is 0.765. The monoisotopic (exact) mass is 371 g/mol. The lowest BCUT2D eigenvalue weighted by Gasteiger charge is -2.41. The molecule has 0 saturated carbocycles. The van der Waals surface area contributed by atoms with Crippen LogP contribution in [0.15, 0.2) is 30.3 Å². The van der Waals surface area contributed by atoms with Gasteiger partial charge in [-0.25, -0.2) is 0 Å². The molecule has 4 heteroatoms. The second-order valence-electron chi connectivity index (χ2n) is 9.78. The van der Waals surface area contributed by atoms with Crippen LogP contribution in [0.3, 0.4) is 0 Å². The fraction of sp³-hybridized carbons (Fsp3) is 0.727. The highest BCUT2D eigenvalue weighted by Gasteiger charge is 2.50. The fourth-order valence-corrected chi connectivity index (χ4v) is 8.75. The first kappa shape index (κ1) is 20.2. The molecule has 26 heavy (non-hydrogen) atoms. The Labute approximate surface area is 162 Å². The number of hydrogen-bond acceptors (Lipinski definition) is 2. The van der Waals surface area contributed by atoms with Gasteiger partial charge in [-0.2, -0.15) is 0 Å². The van der Waals surface area contributed by atoms with Crippen LogP contribution in [0, 0.1) is 5.92 Å². The van der Waals surface area contributed by atoms with E-state index in [2.05, 4.69) is 69.3 Å². The highest BCUT2D eigenvalue weighted by Crippen LogP contribution is 2.51. The molecule has 2 saturated heterocycles. The van der Waals surface area contributed by atoms with Crippen molar-refractivity contribution in [3.8, 4) is 0 Å². The van der Waals surface area contributed by atoms with Gasteiger partial charge in [-0.1, -0.05) is 88.5 Å². The van der Waals surface area contributed by atoms with Gasteiger partial charge >= 0.3 is 0 Å². The number of hydrogen-bond donors (Lipinski definition) is 1. The lowest BCUT2D eigenvalue weighted by Crippen LogP contribution is -2.47. The van der Waals surface area contributed by atoms with Gasteiger partial charge in [0.15, 0.2) is 0 Å². The summed E-state index contributed by atoms with van der Waals surface area (Å²) >= 11 is 0. The van der Waals surface area contributed by atoms with Gasteiger partial charge in [-0.05, 0) is 36.7 Å². The topological polar surface area (TPSA) is 21.3 Å². The zero-order valence-corrected chi connectivity index (χ0v) is 18.5. The van der Waals surface area contributed by atoms with Crippen molar-refractivity contribution in [2.45, 2.75) is 88.5 Å². The molecule has 3 rings (SSSR count). The molecule has 2 bridgehead atoms. The van der Waals surface area contributed by atoms with Gasteiger partial charge in [0.2, 0.25) is 0 Å². The van der Waals surface area contributed by atoms with Crippen molar-refractivity contribution in [2.75, 3.05) is 7.05 Å². The summed E-state index contributed by atoms with van der Waals surface area (Å²) in [5.74, 6) is 1.65. The maximum absolute atomic E-state index is 7.14. The van der Waals surface area contributed by atoms with Crippen LogP contribution in [0.25, 0.3) is 0 Å². The van der Waals surface area contributed by atoms with Crippen molar-refractivity contribution in [2.24, 2.45) is 5.92 Å². The minimum atomic E-state index is -1.30. The largest absolute Gasteiger partial charge is 0.427 e. The van der Waals surface area contributed by atoms with Gasteiger partial charge in [0.05, 0.1) is 6.10 Å². The number of likely N-dealkylation sites (N-methyl/N-ethyl adjacent to an activating group) is 1. The van der Waals surface area contributed by atoms with Crippen LogP contribution in [0.4, 0.5) is 0 Å². The Morgan fingerprint density at radius 1 is 1.04 bits per heavy atom. The quantitative estimate of drug-likeness (QED) is 0.624. The maximum atomic E-state index is 7.14. The molecule has 2 heterocycles. The number of fused-ring (bicyclic) bond motifs is 3. The van der Waals surface area contributed by atoms with Gasteiger partial charge in [0, 0.05) is 14.1 Å². The lowest BCUT2D eigenvalue weighted by molar-refractivity contribution is 0.158. The Kier molecular flexibility index (Phi) is 6.69. The predicted molar refractivity (Wildman–Crippen MR) is 117 cm³/mol. The second-order valence-corrected chi connectivity index (χ2v) is 15.2. The predicted octanol–water partition coefficient (Wildman–Crippen LogP) is 5.95. The Balaban J connectivity index is 1.94. The Bertz CT molecular complexity index is 551. The van der Waals surface area contributed by atoms with Crippen LogP contribution in [0.5, 0.6) is 0 Å². The summed E-state index contributed by atoms with van der Waals surface area (Å²) in [5, 5.41) is 3.47. The molecule has 0 amide bonds. The van der Waals surface area contributed by atoms with E-state index < -0.39 is 8.07 Å². The molecule has 1 aromatic rings. The summed E-state index contributed by atoms with van der Waals surface area (Å²) < 4.78 is 7.14. The van der Waals surface area contributed by atoms with Gasteiger partial charge in [-0.15, -0.1) is 0 Å². The van der Waals surface area contributed by atoms with Gasteiger partial charge in [0.1, 0.15) is 0 Å². The molecule has 0 aromatic heterocycles. The molecular formula is C22H38BNOSi. The molecule has 1 aromatic carbocycles. The fourth-order valence-electron chi connectivity index (χ4n) is 5.67. The van der Waals surface area contributed by atoms with Crippen molar-refractivity contribution in [1.29, 1.82) is 0 Å². The molecule has 1 unspecified atom stereocenters. The third-order valence-corrected chi connectivity index (χ3v) is 9.77. The summed E-state index contributed by atoms with van der Waals surface area (Å²) in [6.45, 7) is 10.4. The molecule has 144 valence electrons. The molecule has 2 aliphatic rings. The Morgan fingerprint density at radius 2 is 1.65 bits per heavy atom. The number of nitrogens with one attached hydrogen (secondary N) is 1. The molecule has 2 fully saturated rings. The standard InChI is InChI=1S/C22H38BNOSi/c1-17(24-2)21(18-11-7-6-8-12-18)25-23-20-15-9-13-19(14-10-16-20)22(23)26(3,4)5/h6-8,11-12,17,19-22,24H,9-10,13-16H2,1-5H3/t17-,19?,20?,21+,22?/m1/s1. The number of benzene rings is 1. The molecular weight excluding hydrogens is 333 g/mol. The van der Waals surface area contributed by atoms with Crippen LogP contribution >= 0.6 is 0 Å². The van der Waals surface area contributed by atoms with E-state index in [1.807, 2.05) is 0 Å². The van der Waals surface area contributed by atoms with E-state index >= 15 is 0 Å². The number of rotatable bonds is 6. The van der Waals surface area contributed by atoms with E-state index in [0.29, 0.717) is 13.0 Å². The molecule has 0 spiro atoms. The smallest absolute Gasteiger partial charge is 0.297 e. The zero-order valence-electron chi connectivity index (χ0n) is 17.5. The van der Waals surface area contributed by atoms with E-state index in [-0.39, 0.29) is 6.10 Å². The average Bonchev–Trinajstić information content (AvgIpc) is 2.87. The van der Waals surface area contributed by atoms with Crippen LogP contribution < -0.4 is 5.32 Å². The zero-order chi connectivity index (χ0) is 18.7. The van der Waals surface area contributed by atoms with Crippen LogP contribution in [-0.4, -0.2) is 28.1 Å². The highest BCUT2D eigenvalue weighted by atomic mass is 28.3. The van der Waals surface area contributed by atoms with Crippen LogP contribution in [-0.2, 0) is 4.65 Å². The second kappa shape index (κ2) is 8.62. The summed E-state index contributed by atoms with van der Waals surface area (Å²) in [6.07, 6.45) is 8.58. The summed E-state index contributed by atoms with van der Waals surface area (Å²) in [5.41, 5.74) is 2.12. The summed E-state index contributed by atoms with van der Waals surface area (Å²) in [6, 6.07) is 11.2. The van der Waals surface area contributed by atoms with E-state index in [1.165, 1.54) is 44.1 Å². The first-order valence-electron chi connectivity index (χ1n) is 10.8. The van der Waals surface area contributed by atoms with Gasteiger partial charge in [-0.3, -0.25) is 0 Å². The van der Waals surface area contributed by atoms with Crippen molar-refractivity contribution in [1.82, 2.24) is 5.32 Å². The van der Waals surface area contributed by atoms with E-state index in [1.54, 1.807) is 0 Å². The van der Waals surface area contributed by atoms with Crippen LogP contribution in [0.1, 0.15) is 57.1 Å². The highest BCUT2D eigenvalue weighted by molar-refractivity contribution is 6.88. The average molecular weight is 371 g/mol. The molecule has 2 nitrogen and oxygen atoms in total. The summed E-state index contributed by atoms with van der Waals surface area (Å²) in [4.78, 5) is 0. The molecule has 1 N–H and O–H groups in total.